The summed E-state index contributed by atoms with van der Waals surface area (Å²) < 4.78 is 1.35. The molecule has 2 rings (SSSR count). The fraction of sp³-hybridized carbons (Fsp3) is 0.333. The van der Waals surface area contributed by atoms with Crippen molar-refractivity contribution in [2.75, 3.05) is 11.9 Å². The highest BCUT2D eigenvalue weighted by Crippen LogP contribution is 2.31. The summed E-state index contributed by atoms with van der Waals surface area (Å²) in [5.74, 6) is -1.12. The molecule has 2 amide bonds. The van der Waals surface area contributed by atoms with E-state index in [-0.39, 0.29) is 13.0 Å². The number of aliphatic hydroxyl groups excluding tert-OH is 1. The number of aliphatic hydroxyl groups is 1. The Bertz CT molecular complexity index is 532. The minimum absolute atomic E-state index is 0.00483. The van der Waals surface area contributed by atoms with E-state index < -0.39 is 24.1 Å². The molecule has 1 fully saturated rings. The molecule has 108 valence electrons. The third kappa shape index (κ3) is 3.13. The van der Waals surface area contributed by atoms with E-state index >= 15 is 0 Å². The first kappa shape index (κ1) is 15.3. The van der Waals surface area contributed by atoms with E-state index in [1.165, 1.54) is 0 Å². The average molecular weight is 408 g/mol. The zero-order chi connectivity index (χ0) is 14.9. The first-order valence-electron chi connectivity index (χ1n) is 5.82. The molecular formula is C12H12Br2N2O4. The molecule has 6 nitrogen and oxygen atoms in total. The van der Waals surface area contributed by atoms with Gasteiger partial charge in [0, 0.05) is 21.9 Å². The number of aliphatic carboxylic acids is 1. The Labute approximate surface area is 132 Å². The lowest BCUT2D eigenvalue weighted by molar-refractivity contribution is -0.141. The van der Waals surface area contributed by atoms with Crippen LogP contribution in [0.1, 0.15) is 6.42 Å². The first-order valence-corrected chi connectivity index (χ1v) is 7.41. The summed E-state index contributed by atoms with van der Waals surface area (Å²) in [4.78, 5) is 24.4. The van der Waals surface area contributed by atoms with E-state index in [1.807, 2.05) is 0 Å². The quantitative estimate of drug-likeness (QED) is 0.701. The molecule has 8 heteroatoms. The Kier molecular flexibility index (Phi) is 4.66. The number of nitrogens with zero attached hydrogens (tertiary/aromatic N) is 1. The zero-order valence-electron chi connectivity index (χ0n) is 10.2. The number of likely N-dealkylation sites (tertiary alicyclic amines) is 1. The van der Waals surface area contributed by atoms with Gasteiger partial charge in [0.2, 0.25) is 0 Å². The molecule has 1 aliphatic rings. The first-order chi connectivity index (χ1) is 9.40. The van der Waals surface area contributed by atoms with Crippen molar-refractivity contribution < 1.29 is 19.8 Å². The normalized spacial score (nSPS) is 21.9. The Balaban J connectivity index is 2.18. The number of urea groups is 1. The van der Waals surface area contributed by atoms with Crippen LogP contribution in [0.5, 0.6) is 0 Å². The number of para-hydroxylation sites is 1. The van der Waals surface area contributed by atoms with Gasteiger partial charge in [-0.05, 0) is 44.0 Å². The summed E-state index contributed by atoms with van der Waals surface area (Å²) in [7, 11) is 0. The number of amides is 2. The second-order valence-electron chi connectivity index (χ2n) is 4.42. The minimum atomic E-state index is -1.12. The summed E-state index contributed by atoms with van der Waals surface area (Å²) in [5, 5.41) is 21.3. The molecular weight excluding hydrogens is 396 g/mol. The number of carbonyl (C=O) groups is 2. The Morgan fingerprint density at radius 1 is 1.30 bits per heavy atom. The number of anilines is 1. The van der Waals surface area contributed by atoms with Gasteiger partial charge in [0.05, 0.1) is 11.8 Å². The highest BCUT2D eigenvalue weighted by molar-refractivity contribution is 9.11. The largest absolute Gasteiger partial charge is 0.480 e. The summed E-state index contributed by atoms with van der Waals surface area (Å²) in [6.45, 7) is 0.00483. The Morgan fingerprint density at radius 2 is 1.90 bits per heavy atom. The van der Waals surface area contributed by atoms with E-state index in [4.69, 9.17) is 5.11 Å². The third-order valence-corrected chi connectivity index (χ3v) is 4.34. The van der Waals surface area contributed by atoms with Crippen LogP contribution in [0.4, 0.5) is 10.5 Å². The van der Waals surface area contributed by atoms with Crippen molar-refractivity contribution in [3.05, 3.63) is 27.1 Å². The van der Waals surface area contributed by atoms with Crippen molar-refractivity contribution in [3.63, 3.8) is 0 Å². The van der Waals surface area contributed by atoms with Gasteiger partial charge in [0.1, 0.15) is 6.04 Å². The number of hydrogen-bond acceptors (Lipinski definition) is 3. The van der Waals surface area contributed by atoms with Crippen molar-refractivity contribution in [3.8, 4) is 0 Å². The van der Waals surface area contributed by atoms with E-state index in [9.17, 15) is 14.7 Å². The van der Waals surface area contributed by atoms with Crippen LogP contribution in [-0.2, 0) is 4.79 Å². The number of carbonyl (C=O) groups excluding carboxylic acids is 1. The summed E-state index contributed by atoms with van der Waals surface area (Å²) in [6, 6.07) is 3.75. The standard InChI is InChI=1S/C12H12Br2N2O4/c13-7-2-1-3-8(14)10(7)15-12(20)16-5-6(17)4-9(16)11(18)19/h1-3,6,9,17H,4-5H2,(H,15,20)(H,18,19)/t6-,9-/m0/s1. The smallest absolute Gasteiger partial charge is 0.326 e. The number of rotatable bonds is 2. The Morgan fingerprint density at radius 3 is 2.45 bits per heavy atom. The molecule has 2 atom stereocenters. The lowest BCUT2D eigenvalue weighted by Crippen LogP contribution is -2.43. The van der Waals surface area contributed by atoms with Gasteiger partial charge < -0.3 is 20.4 Å². The van der Waals surface area contributed by atoms with Gasteiger partial charge in [-0.15, -0.1) is 0 Å². The highest BCUT2D eigenvalue weighted by Gasteiger charge is 2.39. The number of halogens is 2. The number of carboxylic acid groups (broad SMARTS) is 1. The molecule has 0 unspecified atom stereocenters. The van der Waals surface area contributed by atoms with Gasteiger partial charge >= 0.3 is 12.0 Å². The number of β-amino-alcohol motifs (C(OH)–C–C–N with tert-alkyl or cyclic N) is 1. The Hall–Kier alpha value is -1.12. The van der Waals surface area contributed by atoms with Crippen LogP contribution in [0.2, 0.25) is 0 Å². The molecule has 20 heavy (non-hydrogen) atoms. The molecule has 1 saturated heterocycles. The van der Waals surface area contributed by atoms with E-state index in [0.717, 1.165) is 4.90 Å². The minimum Gasteiger partial charge on any atom is -0.480 e. The lowest BCUT2D eigenvalue weighted by atomic mass is 10.2. The summed E-state index contributed by atoms with van der Waals surface area (Å²) in [5.41, 5.74) is 0.517. The molecule has 0 bridgehead atoms. The van der Waals surface area contributed by atoms with Crippen molar-refractivity contribution in [1.82, 2.24) is 4.90 Å². The molecule has 0 radical (unpaired) electrons. The second kappa shape index (κ2) is 6.11. The van der Waals surface area contributed by atoms with Crippen LogP contribution in [0.3, 0.4) is 0 Å². The van der Waals surface area contributed by atoms with Gasteiger partial charge in [-0.2, -0.15) is 0 Å². The van der Waals surface area contributed by atoms with Crippen LogP contribution >= 0.6 is 31.9 Å². The number of nitrogens with one attached hydrogen (secondary N) is 1. The topological polar surface area (TPSA) is 89.9 Å². The predicted molar refractivity (Wildman–Crippen MR) is 79.6 cm³/mol. The zero-order valence-corrected chi connectivity index (χ0v) is 13.4. The molecule has 0 saturated carbocycles. The maximum Gasteiger partial charge on any atom is 0.326 e. The SMILES string of the molecule is O=C(O)[C@@H]1C[C@H](O)CN1C(=O)Nc1c(Br)cccc1Br. The maximum atomic E-state index is 12.2. The van der Waals surface area contributed by atoms with Crippen molar-refractivity contribution >= 4 is 49.5 Å². The van der Waals surface area contributed by atoms with Crippen LogP contribution in [0.25, 0.3) is 0 Å². The lowest BCUT2D eigenvalue weighted by Gasteiger charge is -2.22. The maximum absolute atomic E-state index is 12.2. The van der Waals surface area contributed by atoms with Gasteiger partial charge in [-0.1, -0.05) is 6.07 Å². The number of carboxylic acids is 1. The molecule has 0 spiro atoms. The molecule has 1 aliphatic heterocycles. The van der Waals surface area contributed by atoms with Gasteiger partial charge in [-0.3, -0.25) is 0 Å². The van der Waals surface area contributed by atoms with E-state index in [0.29, 0.717) is 14.6 Å². The molecule has 0 aliphatic carbocycles. The molecule has 1 aromatic carbocycles. The van der Waals surface area contributed by atoms with Crippen molar-refractivity contribution in [1.29, 1.82) is 0 Å². The number of benzene rings is 1. The highest BCUT2D eigenvalue weighted by atomic mass is 79.9. The number of hydrogen-bond donors (Lipinski definition) is 3. The fourth-order valence-corrected chi connectivity index (χ4v) is 3.27. The van der Waals surface area contributed by atoms with E-state index in [1.54, 1.807) is 18.2 Å². The fourth-order valence-electron chi connectivity index (χ4n) is 2.07. The average Bonchev–Trinajstić information content (AvgIpc) is 2.76. The second-order valence-corrected chi connectivity index (χ2v) is 6.13. The summed E-state index contributed by atoms with van der Waals surface area (Å²) in [6.07, 6.45) is -0.774. The summed E-state index contributed by atoms with van der Waals surface area (Å²) >= 11 is 6.62. The van der Waals surface area contributed by atoms with Gasteiger partial charge in [-0.25, -0.2) is 9.59 Å². The molecule has 1 heterocycles. The van der Waals surface area contributed by atoms with Crippen molar-refractivity contribution in [2.45, 2.75) is 18.6 Å². The molecule has 1 aromatic rings. The van der Waals surface area contributed by atoms with Gasteiger partial charge in [0.15, 0.2) is 0 Å². The molecule has 0 aromatic heterocycles. The van der Waals surface area contributed by atoms with Crippen LogP contribution in [0.15, 0.2) is 27.1 Å². The van der Waals surface area contributed by atoms with Crippen LogP contribution < -0.4 is 5.32 Å². The molecule has 3 N–H and O–H groups in total. The van der Waals surface area contributed by atoms with Crippen molar-refractivity contribution in [2.24, 2.45) is 0 Å². The predicted octanol–water partition coefficient (Wildman–Crippen LogP) is 2.26. The van der Waals surface area contributed by atoms with E-state index in [2.05, 4.69) is 37.2 Å². The third-order valence-electron chi connectivity index (χ3n) is 3.02. The van der Waals surface area contributed by atoms with Gasteiger partial charge in [0.25, 0.3) is 0 Å². The van der Waals surface area contributed by atoms with Crippen LogP contribution in [-0.4, -0.2) is 45.8 Å². The van der Waals surface area contributed by atoms with Crippen LogP contribution in [0, 0.1) is 0 Å². The monoisotopic (exact) mass is 406 g/mol.